The highest BCUT2D eigenvalue weighted by Crippen LogP contribution is 2.19. The summed E-state index contributed by atoms with van der Waals surface area (Å²) in [7, 11) is 0. The minimum Gasteiger partial charge on any atom is -0.494 e. The summed E-state index contributed by atoms with van der Waals surface area (Å²) in [5.41, 5.74) is 1.30. The Kier molecular flexibility index (Phi) is 6.03. The Bertz CT molecular complexity index is 637. The number of amides is 1. The third-order valence-electron chi connectivity index (χ3n) is 3.43. The lowest BCUT2D eigenvalue weighted by Crippen LogP contribution is -2.13. The van der Waals surface area contributed by atoms with Crippen molar-refractivity contribution >= 4 is 11.6 Å². The van der Waals surface area contributed by atoms with E-state index in [2.05, 4.69) is 12.2 Å². The third kappa shape index (κ3) is 5.02. The van der Waals surface area contributed by atoms with E-state index in [1.807, 2.05) is 50.2 Å². The van der Waals surface area contributed by atoms with Gasteiger partial charge in [-0.1, -0.05) is 13.0 Å². The molecule has 0 aromatic heterocycles. The Morgan fingerprint density at radius 1 is 1.09 bits per heavy atom. The van der Waals surface area contributed by atoms with Crippen LogP contribution in [0.1, 0.15) is 37.6 Å². The molecule has 0 fully saturated rings. The summed E-state index contributed by atoms with van der Waals surface area (Å²) in [6, 6.07) is 14.5. The summed E-state index contributed by atoms with van der Waals surface area (Å²) in [4.78, 5) is 12.3. The first kappa shape index (κ1) is 16.9. The van der Waals surface area contributed by atoms with E-state index in [9.17, 15) is 4.79 Å². The summed E-state index contributed by atoms with van der Waals surface area (Å²) in [5, 5.41) is 2.87. The monoisotopic (exact) mass is 313 g/mol. The van der Waals surface area contributed by atoms with E-state index in [-0.39, 0.29) is 12.0 Å². The van der Waals surface area contributed by atoms with Crippen molar-refractivity contribution in [2.45, 2.75) is 33.3 Å². The topological polar surface area (TPSA) is 47.6 Å². The molecule has 0 spiro atoms. The van der Waals surface area contributed by atoms with Crippen LogP contribution in [0.2, 0.25) is 0 Å². The van der Waals surface area contributed by atoms with Crippen LogP contribution >= 0.6 is 0 Å². The number of carbonyl (C=O) groups excluding carboxylic acids is 1. The van der Waals surface area contributed by atoms with Gasteiger partial charge in [0.2, 0.25) is 0 Å². The average Bonchev–Trinajstić information content (AvgIpc) is 2.57. The number of nitrogens with one attached hydrogen (secondary N) is 1. The molecule has 0 bridgehead atoms. The van der Waals surface area contributed by atoms with Crippen LogP contribution < -0.4 is 14.8 Å². The molecule has 4 nitrogen and oxygen atoms in total. The molecule has 122 valence electrons. The van der Waals surface area contributed by atoms with Crippen LogP contribution in [0.25, 0.3) is 0 Å². The zero-order valence-corrected chi connectivity index (χ0v) is 13.8. The molecule has 23 heavy (non-hydrogen) atoms. The van der Waals surface area contributed by atoms with E-state index in [1.54, 1.807) is 12.1 Å². The van der Waals surface area contributed by atoms with E-state index < -0.39 is 0 Å². The fourth-order valence-electron chi connectivity index (χ4n) is 2.03. The third-order valence-corrected chi connectivity index (χ3v) is 3.43. The maximum absolute atomic E-state index is 12.3. The van der Waals surface area contributed by atoms with Gasteiger partial charge in [-0.25, -0.2) is 0 Å². The zero-order valence-electron chi connectivity index (χ0n) is 13.8. The lowest BCUT2D eigenvalue weighted by molar-refractivity contribution is 0.102. The minimum atomic E-state index is -0.163. The molecular weight excluding hydrogens is 290 g/mol. The molecule has 0 radical (unpaired) electrons. The van der Waals surface area contributed by atoms with Crippen LogP contribution in [0.15, 0.2) is 48.5 Å². The van der Waals surface area contributed by atoms with Crippen LogP contribution in [0.5, 0.6) is 11.5 Å². The van der Waals surface area contributed by atoms with Crippen molar-refractivity contribution < 1.29 is 14.3 Å². The van der Waals surface area contributed by atoms with Crippen LogP contribution in [0.3, 0.4) is 0 Å². The lowest BCUT2D eigenvalue weighted by atomic mass is 10.2. The van der Waals surface area contributed by atoms with Crippen molar-refractivity contribution in [1.29, 1.82) is 0 Å². The summed E-state index contributed by atoms with van der Waals surface area (Å²) >= 11 is 0. The van der Waals surface area contributed by atoms with Crippen molar-refractivity contribution in [2.75, 3.05) is 11.9 Å². The Morgan fingerprint density at radius 3 is 2.48 bits per heavy atom. The van der Waals surface area contributed by atoms with Crippen molar-refractivity contribution in [2.24, 2.45) is 0 Å². The molecule has 0 aliphatic heterocycles. The van der Waals surface area contributed by atoms with Gasteiger partial charge in [0.15, 0.2) is 0 Å². The van der Waals surface area contributed by atoms with Gasteiger partial charge in [0.05, 0.1) is 12.7 Å². The molecule has 0 saturated heterocycles. The molecule has 4 heteroatoms. The molecule has 0 saturated carbocycles. The number of carbonyl (C=O) groups is 1. The molecule has 0 aliphatic rings. The Hall–Kier alpha value is -2.49. The fourth-order valence-corrected chi connectivity index (χ4v) is 2.03. The Labute approximate surface area is 137 Å². The SMILES string of the molecule is CCOc1ccc(NC(=O)c2cccc(OC(C)CC)c2)cc1. The van der Waals surface area contributed by atoms with Gasteiger partial charge in [-0.3, -0.25) is 4.79 Å². The van der Waals surface area contributed by atoms with Gasteiger partial charge >= 0.3 is 0 Å². The van der Waals surface area contributed by atoms with Crippen LogP contribution in [-0.4, -0.2) is 18.6 Å². The quantitative estimate of drug-likeness (QED) is 0.818. The van der Waals surface area contributed by atoms with Gasteiger partial charge in [0, 0.05) is 11.3 Å². The largest absolute Gasteiger partial charge is 0.494 e. The van der Waals surface area contributed by atoms with Crippen molar-refractivity contribution in [3.05, 3.63) is 54.1 Å². The first-order valence-electron chi connectivity index (χ1n) is 7.93. The molecule has 1 amide bonds. The molecule has 0 heterocycles. The second-order valence-electron chi connectivity index (χ2n) is 5.28. The normalized spacial score (nSPS) is 11.6. The first-order valence-corrected chi connectivity index (χ1v) is 7.93. The average molecular weight is 313 g/mol. The predicted molar refractivity (Wildman–Crippen MR) is 92.4 cm³/mol. The first-order chi connectivity index (χ1) is 11.1. The van der Waals surface area contributed by atoms with Crippen LogP contribution in [0.4, 0.5) is 5.69 Å². The fraction of sp³-hybridized carbons (Fsp3) is 0.316. The second kappa shape index (κ2) is 8.22. The molecular formula is C19H23NO3. The number of hydrogen-bond donors (Lipinski definition) is 1. The second-order valence-corrected chi connectivity index (χ2v) is 5.28. The van der Waals surface area contributed by atoms with Gasteiger partial charge in [-0.2, -0.15) is 0 Å². The highest BCUT2D eigenvalue weighted by molar-refractivity contribution is 6.04. The van der Waals surface area contributed by atoms with E-state index in [1.165, 1.54) is 0 Å². The molecule has 1 unspecified atom stereocenters. The van der Waals surface area contributed by atoms with Gasteiger partial charge in [0.1, 0.15) is 11.5 Å². The molecule has 2 aromatic rings. The smallest absolute Gasteiger partial charge is 0.255 e. The van der Waals surface area contributed by atoms with Crippen molar-refractivity contribution in [3.63, 3.8) is 0 Å². The lowest BCUT2D eigenvalue weighted by Gasteiger charge is -2.13. The summed E-state index contributed by atoms with van der Waals surface area (Å²) < 4.78 is 11.1. The highest BCUT2D eigenvalue weighted by atomic mass is 16.5. The molecule has 0 aliphatic carbocycles. The van der Waals surface area contributed by atoms with Crippen LogP contribution in [-0.2, 0) is 0 Å². The molecule has 2 aromatic carbocycles. The Morgan fingerprint density at radius 2 is 1.83 bits per heavy atom. The maximum Gasteiger partial charge on any atom is 0.255 e. The number of anilines is 1. The van der Waals surface area contributed by atoms with Crippen molar-refractivity contribution in [3.8, 4) is 11.5 Å². The van der Waals surface area contributed by atoms with Gasteiger partial charge < -0.3 is 14.8 Å². The number of ether oxygens (including phenoxy) is 2. The van der Waals surface area contributed by atoms with Gasteiger partial charge in [-0.05, 0) is 62.7 Å². The van der Waals surface area contributed by atoms with E-state index >= 15 is 0 Å². The summed E-state index contributed by atoms with van der Waals surface area (Å²) in [6.07, 6.45) is 1.04. The van der Waals surface area contributed by atoms with E-state index in [0.29, 0.717) is 17.9 Å². The molecule has 1 atom stereocenters. The standard InChI is InChI=1S/C19H23NO3/c1-4-14(3)23-18-8-6-7-15(13-18)19(21)20-16-9-11-17(12-10-16)22-5-2/h6-14H,4-5H2,1-3H3,(H,20,21). The maximum atomic E-state index is 12.3. The summed E-state index contributed by atoms with van der Waals surface area (Å²) in [5.74, 6) is 1.33. The van der Waals surface area contributed by atoms with Crippen LogP contribution in [0, 0.1) is 0 Å². The van der Waals surface area contributed by atoms with Crippen molar-refractivity contribution in [1.82, 2.24) is 0 Å². The van der Waals surface area contributed by atoms with Gasteiger partial charge in [0.25, 0.3) is 5.91 Å². The van der Waals surface area contributed by atoms with Gasteiger partial charge in [-0.15, -0.1) is 0 Å². The molecule has 2 rings (SSSR count). The Balaban J connectivity index is 2.03. The van der Waals surface area contributed by atoms with E-state index in [4.69, 9.17) is 9.47 Å². The number of hydrogen-bond acceptors (Lipinski definition) is 3. The predicted octanol–water partition coefficient (Wildman–Crippen LogP) is 4.51. The number of rotatable bonds is 7. The highest BCUT2D eigenvalue weighted by Gasteiger charge is 2.09. The van der Waals surface area contributed by atoms with E-state index in [0.717, 1.165) is 17.9 Å². The summed E-state index contributed by atoms with van der Waals surface area (Å²) in [6.45, 7) is 6.62. The molecule has 1 N–H and O–H groups in total. The zero-order chi connectivity index (χ0) is 16.7. The number of benzene rings is 2. The minimum absolute atomic E-state index is 0.124.